The van der Waals surface area contributed by atoms with Crippen molar-refractivity contribution in [3.63, 3.8) is 0 Å². The third-order valence-corrected chi connectivity index (χ3v) is 0.413. The summed E-state index contributed by atoms with van der Waals surface area (Å²) in [5.41, 5.74) is 5.13. The van der Waals surface area contributed by atoms with Crippen LogP contribution < -0.4 is 11.1 Å². The molecule has 0 aliphatic heterocycles. The Morgan fingerprint density at radius 2 is 2.50 bits per heavy atom. The largest absolute Gasteiger partial charge is 0.381 e. The van der Waals surface area contributed by atoms with Crippen molar-refractivity contribution in [1.82, 2.24) is 5.32 Å². The van der Waals surface area contributed by atoms with Crippen molar-refractivity contribution in [3.05, 3.63) is 0 Å². The Hall–Kier alpha value is -0.120. The SMILES string of the molecule is CC(N)NCO. The van der Waals surface area contributed by atoms with Crippen LogP contribution in [0.3, 0.4) is 0 Å². The first kappa shape index (κ1) is 5.88. The summed E-state index contributed by atoms with van der Waals surface area (Å²) in [5.74, 6) is 0. The molecule has 1 unspecified atom stereocenters. The predicted molar refractivity (Wildman–Crippen MR) is 23.9 cm³/mol. The molecule has 0 aliphatic carbocycles. The number of aliphatic hydroxyl groups excluding tert-OH is 1. The van der Waals surface area contributed by atoms with Crippen LogP contribution in [-0.4, -0.2) is 18.0 Å². The van der Waals surface area contributed by atoms with Gasteiger partial charge < -0.3 is 10.8 Å². The van der Waals surface area contributed by atoms with Crippen LogP contribution >= 0.6 is 0 Å². The van der Waals surface area contributed by atoms with Gasteiger partial charge in [0.2, 0.25) is 0 Å². The molecule has 0 heterocycles. The summed E-state index contributed by atoms with van der Waals surface area (Å²) in [5, 5.41) is 10.6. The Kier molecular flexibility index (Phi) is 3.02. The van der Waals surface area contributed by atoms with Crippen molar-refractivity contribution >= 4 is 0 Å². The molecule has 0 aromatic carbocycles. The molecule has 0 aromatic heterocycles. The zero-order valence-corrected chi connectivity index (χ0v) is 3.81. The van der Waals surface area contributed by atoms with Crippen LogP contribution in [0.1, 0.15) is 6.92 Å². The average molecular weight is 90.1 g/mol. The van der Waals surface area contributed by atoms with E-state index in [-0.39, 0.29) is 12.9 Å². The van der Waals surface area contributed by atoms with Crippen LogP contribution in [-0.2, 0) is 0 Å². The van der Waals surface area contributed by atoms with Gasteiger partial charge in [-0.25, -0.2) is 0 Å². The van der Waals surface area contributed by atoms with Gasteiger partial charge >= 0.3 is 0 Å². The molecule has 0 saturated heterocycles. The normalized spacial score (nSPS) is 14.5. The number of rotatable bonds is 2. The molecule has 0 radical (unpaired) electrons. The van der Waals surface area contributed by atoms with Crippen molar-refractivity contribution in [2.24, 2.45) is 5.73 Å². The summed E-state index contributed by atoms with van der Waals surface area (Å²) in [4.78, 5) is 0. The van der Waals surface area contributed by atoms with Crippen molar-refractivity contribution in [1.29, 1.82) is 0 Å². The van der Waals surface area contributed by atoms with E-state index in [1.54, 1.807) is 6.92 Å². The fraction of sp³-hybridized carbons (Fsp3) is 1.00. The zero-order valence-electron chi connectivity index (χ0n) is 3.81. The van der Waals surface area contributed by atoms with Crippen molar-refractivity contribution < 1.29 is 5.11 Å². The molecule has 0 aromatic rings. The predicted octanol–water partition coefficient (Wildman–Crippen LogP) is -1.17. The molecular formula is C3H10N2O. The highest BCUT2D eigenvalue weighted by Crippen LogP contribution is 1.57. The van der Waals surface area contributed by atoms with Crippen LogP contribution in [0.15, 0.2) is 0 Å². The summed E-state index contributed by atoms with van der Waals surface area (Å²) in [7, 11) is 0. The third kappa shape index (κ3) is 3.88. The fourth-order valence-electron chi connectivity index (χ4n) is 0.144. The second-order valence-electron chi connectivity index (χ2n) is 1.15. The molecule has 0 rings (SSSR count). The molecule has 3 nitrogen and oxygen atoms in total. The van der Waals surface area contributed by atoms with E-state index in [4.69, 9.17) is 10.8 Å². The molecule has 0 fully saturated rings. The molecule has 6 heavy (non-hydrogen) atoms. The van der Waals surface area contributed by atoms with Gasteiger partial charge in [-0.2, -0.15) is 0 Å². The molecular weight excluding hydrogens is 80.0 g/mol. The van der Waals surface area contributed by atoms with Crippen LogP contribution in [0.2, 0.25) is 0 Å². The minimum Gasteiger partial charge on any atom is -0.381 e. The number of nitrogens with two attached hydrogens (primary N) is 1. The lowest BCUT2D eigenvalue weighted by molar-refractivity contribution is 0.246. The van der Waals surface area contributed by atoms with Crippen LogP contribution in [0, 0.1) is 0 Å². The van der Waals surface area contributed by atoms with E-state index in [2.05, 4.69) is 5.32 Å². The molecule has 4 N–H and O–H groups in total. The van der Waals surface area contributed by atoms with Gasteiger partial charge in [-0.05, 0) is 6.92 Å². The molecule has 0 bridgehead atoms. The van der Waals surface area contributed by atoms with E-state index in [0.717, 1.165) is 0 Å². The minimum absolute atomic E-state index is 0.0440. The van der Waals surface area contributed by atoms with Crippen molar-refractivity contribution in [2.45, 2.75) is 13.1 Å². The molecule has 0 amide bonds. The van der Waals surface area contributed by atoms with Crippen LogP contribution in [0.5, 0.6) is 0 Å². The van der Waals surface area contributed by atoms with Gasteiger partial charge in [-0.15, -0.1) is 0 Å². The van der Waals surface area contributed by atoms with E-state index >= 15 is 0 Å². The molecule has 3 heteroatoms. The van der Waals surface area contributed by atoms with Gasteiger partial charge in [0.25, 0.3) is 0 Å². The molecule has 38 valence electrons. The van der Waals surface area contributed by atoms with E-state index < -0.39 is 0 Å². The first-order valence-corrected chi connectivity index (χ1v) is 1.87. The average Bonchev–Trinajstić information content (AvgIpc) is 1.35. The smallest absolute Gasteiger partial charge is 0.0943 e. The first-order chi connectivity index (χ1) is 2.77. The maximum Gasteiger partial charge on any atom is 0.0943 e. The highest BCUT2D eigenvalue weighted by atomic mass is 16.3. The van der Waals surface area contributed by atoms with Crippen LogP contribution in [0.25, 0.3) is 0 Å². The number of aliphatic hydroxyl groups is 1. The highest BCUT2D eigenvalue weighted by molar-refractivity contribution is 4.40. The lowest BCUT2D eigenvalue weighted by Crippen LogP contribution is -2.34. The van der Waals surface area contributed by atoms with Crippen LogP contribution in [0.4, 0.5) is 0 Å². The Morgan fingerprint density at radius 3 is 2.50 bits per heavy atom. The number of hydrogen-bond acceptors (Lipinski definition) is 3. The molecule has 0 saturated carbocycles. The summed E-state index contributed by atoms with van der Waals surface area (Å²) >= 11 is 0. The Bertz CT molecular complexity index is 30.0. The Morgan fingerprint density at radius 1 is 2.00 bits per heavy atom. The van der Waals surface area contributed by atoms with E-state index in [1.165, 1.54) is 0 Å². The summed E-state index contributed by atoms with van der Waals surface area (Å²) in [6, 6.07) is 0. The van der Waals surface area contributed by atoms with E-state index in [1.807, 2.05) is 0 Å². The lowest BCUT2D eigenvalue weighted by Gasteiger charge is -2.00. The third-order valence-electron chi connectivity index (χ3n) is 0.413. The van der Waals surface area contributed by atoms with Gasteiger partial charge in [-0.1, -0.05) is 0 Å². The Balaban J connectivity index is 2.63. The molecule has 0 spiro atoms. The summed E-state index contributed by atoms with van der Waals surface area (Å²) < 4.78 is 0. The minimum atomic E-state index is -0.102. The second-order valence-corrected chi connectivity index (χ2v) is 1.15. The summed E-state index contributed by atoms with van der Waals surface area (Å²) in [6.07, 6.45) is -0.102. The number of hydrogen-bond donors (Lipinski definition) is 3. The zero-order chi connectivity index (χ0) is 4.99. The van der Waals surface area contributed by atoms with E-state index in [9.17, 15) is 0 Å². The van der Waals surface area contributed by atoms with Crippen molar-refractivity contribution in [3.8, 4) is 0 Å². The fourth-order valence-corrected chi connectivity index (χ4v) is 0.144. The van der Waals surface area contributed by atoms with Gasteiger partial charge in [0.05, 0.1) is 12.9 Å². The standard InChI is InChI=1S/C3H10N2O/c1-3(4)5-2-6/h3,5-6H,2,4H2,1H3. The maximum atomic E-state index is 8.05. The first-order valence-electron chi connectivity index (χ1n) is 1.87. The monoisotopic (exact) mass is 90.1 g/mol. The van der Waals surface area contributed by atoms with Gasteiger partial charge in [0.1, 0.15) is 0 Å². The van der Waals surface area contributed by atoms with Gasteiger partial charge in [-0.3, -0.25) is 5.32 Å². The Labute approximate surface area is 37.2 Å². The maximum absolute atomic E-state index is 8.05. The van der Waals surface area contributed by atoms with Gasteiger partial charge in [0, 0.05) is 0 Å². The second kappa shape index (κ2) is 3.08. The molecule has 0 aliphatic rings. The van der Waals surface area contributed by atoms with Crippen molar-refractivity contribution in [2.75, 3.05) is 6.73 Å². The highest BCUT2D eigenvalue weighted by Gasteiger charge is 1.82. The van der Waals surface area contributed by atoms with E-state index in [0.29, 0.717) is 0 Å². The lowest BCUT2D eigenvalue weighted by atomic mass is 10.6. The molecule has 1 atom stereocenters. The number of nitrogens with one attached hydrogen (secondary N) is 1. The van der Waals surface area contributed by atoms with Gasteiger partial charge in [0.15, 0.2) is 0 Å². The summed E-state index contributed by atoms with van der Waals surface area (Å²) in [6.45, 7) is 1.72. The topological polar surface area (TPSA) is 58.3 Å². The quantitative estimate of drug-likeness (QED) is 0.374.